The normalized spacial score (nSPS) is 12.6. The maximum Gasteiger partial charge on any atom is 0.263 e. The smallest absolute Gasteiger partial charge is 0.263 e. The van der Waals surface area contributed by atoms with Crippen molar-refractivity contribution >= 4 is 44.6 Å². The fourth-order valence-electron chi connectivity index (χ4n) is 2.64. The zero-order chi connectivity index (χ0) is 16.7. The van der Waals surface area contributed by atoms with Gasteiger partial charge in [0.05, 0.1) is 11.1 Å². The molecule has 0 saturated heterocycles. The standard InChI is InChI=1S/C17H13ClN4OS/c1-10(16-21-20-13-8-4-5-9-22(13)16)19-17(23)15-14(18)11-6-2-3-7-12(11)24-15/h2-10H,1H3,(H,19,23)/t10-/m0/s1. The third-order valence-corrected chi connectivity index (χ3v) is 5.49. The number of amides is 1. The van der Waals surface area contributed by atoms with Gasteiger partial charge in [0.25, 0.3) is 5.91 Å². The van der Waals surface area contributed by atoms with Crippen LogP contribution in [-0.2, 0) is 0 Å². The molecule has 3 heterocycles. The monoisotopic (exact) mass is 356 g/mol. The number of hydrogen-bond acceptors (Lipinski definition) is 4. The molecule has 0 aliphatic rings. The second kappa shape index (κ2) is 5.89. The highest BCUT2D eigenvalue weighted by molar-refractivity contribution is 7.21. The minimum absolute atomic E-state index is 0.207. The summed E-state index contributed by atoms with van der Waals surface area (Å²) < 4.78 is 2.85. The number of pyridine rings is 1. The number of hydrogen-bond donors (Lipinski definition) is 1. The number of fused-ring (bicyclic) bond motifs is 2. The fourth-order valence-corrected chi connectivity index (χ4v) is 4.06. The summed E-state index contributed by atoms with van der Waals surface area (Å²) in [5.74, 6) is 0.470. The van der Waals surface area contributed by atoms with E-state index in [2.05, 4.69) is 15.5 Å². The van der Waals surface area contributed by atoms with Gasteiger partial charge in [-0.15, -0.1) is 21.5 Å². The maximum atomic E-state index is 12.6. The van der Waals surface area contributed by atoms with Crippen molar-refractivity contribution < 1.29 is 4.79 Å². The Balaban J connectivity index is 1.64. The van der Waals surface area contributed by atoms with E-state index in [4.69, 9.17) is 11.6 Å². The first-order chi connectivity index (χ1) is 11.6. The third-order valence-electron chi connectivity index (χ3n) is 3.82. The molecular weight excluding hydrogens is 344 g/mol. The molecule has 1 atom stereocenters. The first-order valence-electron chi connectivity index (χ1n) is 7.42. The fraction of sp³-hybridized carbons (Fsp3) is 0.118. The van der Waals surface area contributed by atoms with Crippen LogP contribution in [0.15, 0.2) is 48.7 Å². The molecule has 1 N–H and O–H groups in total. The zero-order valence-electron chi connectivity index (χ0n) is 12.7. The second-order valence-electron chi connectivity index (χ2n) is 5.42. The van der Waals surface area contributed by atoms with Crippen LogP contribution in [0.25, 0.3) is 15.7 Å². The van der Waals surface area contributed by atoms with Crippen LogP contribution in [0.3, 0.4) is 0 Å². The number of carbonyl (C=O) groups excluding carboxylic acids is 1. The minimum Gasteiger partial charge on any atom is -0.342 e. The van der Waals surface area contributed by atoms with Crippen LogP contribution in [0.1, 0.15) is 28.5 Å². The van der Waals surface area contributed by atoms with E-state index in [1.165, 1.54) is 11.3 Å². The van der Waals surface area contributed by atoms with E-state index in [9.17, 15) is 4.79 Å². The van der Waals surface area contributed by atoms with Crippen LogP contribution < -0.4 is 5.32 Å². The molecule has 0 aliphatic carbocycles. The number of benzene rings is 1. The maximum absolute atomic E-state index is 12.6. The summed E-state index contributed by atoms with van der Waals surface area (Å²) >= 11 is 7.76. The molecule has 0 radical (unpaired) electrons. The van der Waals surface area contributed by atoms with E-state index in [1.54, 1.807) is 0 Å². The summed E-state index contributed by atoms with van der Waals surface area (Å²) in [5, 5.41) is 12.6. The molecule has 1 aromatic carbocycles. The lowest BCUT2D eigenvalue weighted by molar-refractivity contribution is 0.0942. The van der Waals surface area contributed by atoms with Crippen LogP contribution in [0, 0.1) is 0 Å². The van der Waals surface area contributed by atoms with E-state index in [-0.39, 0.29) is 11.9 Å². The highest BCUT2D eigenvalue weighted by atomic mass is 35.5. The van der Waals surface area contributed by atoms with Crippen molar-refractivity contribution in [2.75, 3.05) is 0 Å². The molecule has 3 aromatic heterocycles. The Morgan fingerprint density at radius 1 is 1.21 bits per heavy atom. The SMILES string of the molecule is C[C@H](NC(=O)c1sc2ccccc2c1Cl)c1nnc2ccccn12. The van der Waals surface area contributed by atoms with E-state index in [0.717, 1.165) is 15.7 Å². The number of carbonyl (C=O) groups is 1. The van der Waals surface area contributed by atoms with Crippen molar-refractivity contribution in [3.63, 3.8) is 0 Å². The molecule has 4 rings (SSSR count). The molecule has 24 heavy (non-hydrogen) atoms. The largest absolute Gasteiger partial charge is 0.342 e. The Morgan fingerprint density at radius 2 is 2.00 bits per heavy atom. The average molecular weight is 357 g/mol. The predicted molar refractivity (Wildman–Crippen MR) is 95.7 cm³/mol. The number of rotatable bonds is 3. The Bertz CT molecular complexity index is 1060. The molecule has 0 fully saturated rings. The summed E-state index contributed by atoms with van der Waals surface area (Å²) in [7, 11) is 0. The van der Waals surface area contributed by atoms with Crippen molar-refractivity contribution in [1.82, 2.24) is 19.9 Å². The van der Waals surface area contributed by atoms with Gasteiger partial charge in [-0.3, -0.25) is 9.20 Å². The van der Waals surface area contributed by atoms with Gasteiger partial charge in [0.2, 0.25) is 0 Å². The van der Waals surface area contributed by atoms with Gasteiger partial charge in [-0.05, 0) is 25.1 Å². The van der Waals surface area contributed by atoms with Gasteiger partial charge >= 0.3 is 0 Å². The van der Waals surface area contributed by atoms with Crippen molar-refractivity contribution in [3.8, 4) is 0 Å². The summed E-state index contributed by atoms with van der Waals surface area (Å²) in [6.45, 7) is 1.88. The Kier molecular flexibility index (Phi) is 3.70. The number of nitrogens with zero attached hydrogens (tertiary/aromatic N) is 3. The van der Waals surface area contributed by atoms with Crippen molar-refractivity contribution in [1.29, 1.82) is 0 Å². The molecule has 0 spiro atoms. The van der Waals surface area contributed by atoms with Crippen molar-refractivity contribution in [2.45, 2.75) is 13.0 Å². The molecule has 0 unspecified atom stereocenters. The van der Waals surface area contributed by atoms with Gasteiger partial charge < -0.3 is 5.32 Å². The Hall–Kier alpha value is -2.44. The molecule has 4 aromatic rings. The van der Waals surface area contributed by atoms with E-state index < -0.39 is 0 Å². The van der Waals surface area contributed by atoms with Crippen LogP contribution in [0.4, 0.5) is 0 Å². The lowest BCUT2D eigenvalue weighted by atomic mass is 10.2. The highest BCUT2D eigenvalue weighted by Gasteiger charge is 2.21. The molecule has 5 nitrogen and oxygen atoms in total. The van der Waals surface area contributed by atoms with Gasteiger partial charge in [-0.25, -0.2) is 0 Å². The molecule has 7 heteroatoms. The Morgan fingerprint density at radius 3 is 2.83 bits per heavy atom. The van der Waals surface area contributed by atoms with Crippen LogP contribution >= 0.6 is 22.9 Å². The Labute approximate surface area is 146 Å². The third kappa shape index (κ3) is 2.44. The number of halogens is 1. The van der Waals surface area contributed by atoms with E-state index >= 15 is 0 Å². The topological polar surface area (TPSA) is 59.3 Å². The number of thiophene rings is 1. The summed E-state index contributed by atoms with van der Waals surface area (Å²) in [5.41, 5.74) is 0.744. The number of nitrogens with one attached hydrogen (secondary N) is 1. The van der Waals surface area contributed by atoms with E-state index in [1.807, 2.05) is 60.0 Å². The van der Waals surface area contributed by atoms with Gasteiger partial charge in [-0.2, -0.15) is 0 Å². The van der Waals surface area contributed by atoms with Crippen LogP contribution in [0.5, 0.6) is 0 Å². The van der Waals surface area contributed by atoms with Crippen LogP contribution in [-0.4, -0.2) is 20.5 Å². The quantitative estimate of drug-likeness (QED) is 0.601. The average Bonchev–Trinajstić information content (AvgIpc) is 3.17. The highest BCUT2D eigenvalue weighted by Crippen LogP contribution is 2.35. The van der Waals surface area contributed by atoms with Crippen LogP contribution in [0.2, 0.25) is 5.02 Å². The first kappa shape index (κ1) is 15.1. The van der Waals surface area contributed by atoms with Gasteiger partial charge in [0, 0.05) is 16.3 Å². The lowest BCUT2D eigenvalue weighted by Crippen LogP contribution is -2.27. The van der Waals surface area contributed by atoms with Crippen molar-refractivity contribution in [2.24, 2.45) is 0 Å². The molecule has 0 aliphatic heterocycles. The number of aromatic nitrogens is 3. The summed E-state index contributed by atoms with van der Waals surface area (Å²) in [4.78, 5) is 13.1. The van der Waals surface area contributed by atoms with Gasteiger partial charge in [-0.1, -0.05) is 35.9 Å². The van der Waals surface area contributed by atoms with Gasteiger partial charge in [0.15, 0.2) is 11.5 Å². The summed E-state index contributed by atoms with van der Waals surface area (Å²) in [6, 6.07) is 13.1. The van der Waals surface area contributed by atoms with E-state index in [0.29, 0.717) is 15.7 Å². The molecule has 1 amide bonds. The van der Waals surface area contributed by atoms with Crippen molar-refractivity contribution in [3.05, 3.63) is 64.4 Å². The second-order valence-corrected chi connectivity index (χ2v) is 6.85. The lowest BCUT2D eigenvalue weighted by Gasteiger charge is -2.11. The summed E-state index contributed by atoms with van der Waals surface area (Å²) in [6.07, 6.45) is 1.87. The van der Waals surface area contributed by atoms with Gasteiger partial charge in [0.1, 0.15) is 4.88 Å². The predicted octanol–water partition coefficient (Wildman–Crippen LogP) is 4.09. The zero-order valence-corrected chi connectivity index (χ0v) is 14.3. The molecule has 120 valence electrons. The minimum atomic E-state index is -0.295. The first-order valence-corrected chi connectivity index (χ1v) is 8.62. The molecule has 0 bridgehead atoms. The molecule has 0 saturated carbocycles. The molecular formula is C17H13ClN4OS.